The van der Waals surface area contributed by atoms with Gasteiger partial charge in [-0.3, -0.25) is 0 Å². The van der Waals surface area contributed by atoms with E-state index in [9.17, 15) is 4.79 Å². The molecule has 1 aliphatic rings. The third-order valence-corrected chi connectivity index (χ3v) is 3.60. The maximum atomic E-state index is 11.9. The second-order valence-electron chi connectivity index (χ2n) is 4.32. The van der Waals surface area contributed by atoms with Gasteiger partial charge in [0, 0.05) is 5.92 Å². The van der Waals surface area contributed by atoms with Crippen LogP contribution in [0.15, 0.2) is 30.3 Å². The highest BCUT2D eigenvalue weighted by Gasteiger charge is 2.32. The molecule has 3 rings (SSSR count). The fourth-order valence-electron chi connectivity index (χ4n) is 1.75. The Morgan fingerprint density at radius 3 is 2.83 bits per heavy atom. The highest BCUT2D eigenvalue weighted by molar-refractivity contribution is 7.07. The second-order valence-corrected chi connectivity index (χ2v) is 5.08. The molecule has 1 aliphatic carbocycles. The Balaban J connectivity index is 1.66. The first kappa shape index (κ1) is 11.3. The number of hydrogen-bond donors (Lipinski definition) is 0. The summed E-state index contributed by atoms with van der Waals surface area (Å²) in [5, 5.41) is 4.02. The number of carbonyl (C=O) groups excluding carboxylic acids is 1. The van der Waals surface area contributed by atoms with Gasteiger partial charge in [-0.15, -0.1) is 5.10 Å². The fraction of sp³-hybridized carbons (Fsp3) is 0.308. The molecule has 1 heterocycles. The first-order valence-electron chi connectivity index (χ1n) is 5.88. The molecule has 0 radical (unpaired) electrons. The molecule has 0 atom stereocenters. The molecule has 18 heavy (non-hydrogen) atoms. The average Bonchev–Trinajstić information content (AvgIpc) is 3.14. The van der Waals surface area contributed by atoms with Crippen LogP contribution in [0, 0.1) is 0 Å². The van der Waals surface area contributed by atoms with Crippen LogP contribution < -0.4 is 0 Å². The summed E-state index contributed by atoms with van der Waals surface area (Å²) in [6.45, 7) is 0.293. The van der Waals surface area contributed by atoms with Crippen molar-refractivity contribution < 1.29 is 9.53 Å². The van der Waals surface area contributed by atoms with Gasteiger partial charge < -0.3 is 4.74 Å². The summed E-state index contributed by atoms with van der Waals surface area (Å²) >= 11 is 1.13. The van der Waals surface area contributed by atoms with E-state index >= 15 is 0 Å². The molecule has 0 N–H and O–H groups in total. The largest absolute Gasteiger partial charge is 0.457 e. The van der Waals surface area contributed by atoms with E-state index in [1.54, 1.807) is 0 Å². The SMILES string of the molecule is O=C(OCc1ccccc1)c1snnc1C1CC1. The molecule has 0 spiro atoms. The smallest absolute Gasteiger partial charge is 0.352 e. The number of esters is 1. The van der Waals surface area contributed by atoms with E-state index in [4.69, 9.17) is 4.74 Å². The van der Waals surface area contributed by atoms with Crippen molar-refractivity contribution >= 4 is 17.5 Å². The van der Waals surface area contributed by atoms with Crippen molar-refractivity contribution in [3.8, 4) is 0 Å². The molecule has 1 aromatic heterocycles. The van der Waals surface area contributed by atoms with Crippen LogP contribution in [0.25, 0.3) is 0 Å². The van der Waals surface area contributed by atoms with Gasteiger partial charge in [-0.1, -0.05) is 34.8 Å². The van der Waals surface area contributed by atoms with Crippen LogP contribution in [0.5, 0.6) is 0 Å². The van der Waals surface area contributed by atoms with Crippen molar-refractivity contribution in [3.63, 3.8) is 0 Å². The molecule has 1 fully saturated rings. The van der Waals surface area contributed by atoms with Crippen LogP contribution in [-0.4, -0.2) is 15.6 Å². The maximum absolute atomic E-state index is 11.9. The Morgan fingerprint density at radius 1 is 1.33 bits per heavy atom. The summed E-state index contributed by atoms with van der Waals surface area (Å²) in [4.78, 5) is 12.5. The standard InChI is InChI=1S/C13H12N2O2S/c16-13(17-8-9-4-2-1-3-5-9)12-11(10-6-7-10)14-15-18-12/h1-5,10H,6-8H2. The van der Waals surface area contributed by atoms with Gasteiger partial charge in [-0.25, -0.2) is 4.79 Å². The third-order valence-electron chi connectivity index (χ3n) is 2.88. The average molecular weight is 260 g/mol. The number of ether oxygens (including phenoxy) is 1. The molecule has 0 saturated heterocycles. The summed E-state index contributed by atoms with van der Waals surface area (Å²) in [5.41, 5.74) is 1.80. The van der Waals surface area contributed by atoms with E-state index in [1.165, 1.54) is 0 Å². The van der Waals surface area contributed by atoms with Crippen LogP contribution in [0.1, 0.15) is 39.7 Å². The molecule has 2 aromatic rings. The van der Waals surface area contributed by atoms with Crippen LogP contribution in [0.4, 0.5) is 0 Å². The molecule has 1 saturated carbocycles. The predicted octanol–water partition coefficient (Wildman–Crippen LogP) is 2.77. The highest BCUT2D eigenvalue weighted by Crippen LogP contribution is 2.41. The monoisotopic (exact) mass is 260 g/mol. The zero-order valence-corrected chi connectivity index (χ0v) is 10.5. The Bertz CT molecular complexity index is 549. The lowest BCUT2D eigenvalue weighted by Crippen LogP contribution is -2.05. The summed E-state index contributed by atoms with van der Waals surface area (Å²) in [5.74, 6) is 0.110. The minimum atomic E-state index is -0.309. The Morgan fingerprint density at radius 2 is 2.11 bits per heavy atom. The molecule has 0 bridgehead atoms. The number of benzene rings is 1. The van der Waals surface area contributed by atoms with Gasteiger partial charge in [-0.2, -0.15) is 0 Å². The number of hydrogen-bond acceptors (Lipinski definition) is 5. The fourth-order valence-corrected chi connectivity index (χ4v) is 2.40. The normalized spacial score (nSPS) is 14.4. The number of carbonyl (C=O) groups is 1. The molecule has 5 heteroatoms. The second kappa shape index (κ2) is 4.86. The zero-order valence-electron chi connectivity index (χ0n) is 9.70. The molecule has 0 unspecified atom stereocenters. The third kappa shape index (κ3) is 2.41. The number of nitrogens with zero attached hydrogens (tertiary/aromatic N) is 2. The van der Waals surface area contributed by atoms with E-state index < -0.39 is 0 Å². The van der Waals surface area contributed by atoms with Crippen LogP contribution in [0.3, 0.4) is 0 Å². The topological polar surface area (TPSA) is 52.1 Å². The number of rotatable bonds is 4. The van der Waals surface area contributed by atoms with Crippen molar-refractivity contribution in [2.24, 2.45) is 0 Å². The van der Waals surface area contributed by atoms with Gasteiger partial charge in [0.1, 0.15) is 6.61 Å². The van der Waals surface area contributed by atoms with Gasteiger partial charge >= 0.3 is 5.97 Å². The van der Waals surface area contributed by atoms with Gasteiger partial charge in [0.25, 0.3) is 0 Å². The molecule has 0 amide bonds. The van der Waals surface area contributed by atoms with Crippen molar-refractivity contribution in [2.75, 3.05) is 0 Å². The van der Waals surface area contributed by atoms with Crippen molar-refractivity contribution in [3.05, 3.63) is 46.5 Å². The maximum Gasteiger partial charge on any atom is 0.352 e. The highest BCUT2D eigenvalue weighted by atomic mass is 32.1. The van der Waals surface area contributed by atoms with Gasteiger partial charge in [0.05, 0.1) is 5.69 Å². The first-order chi connectivity index (χ1) is 8.84. The molecular formula is C13H12N2O2S. The van der Waals surface area contributed by atoms with Crippen LogP contribution in [0.2, 0.25) is 0 Å². The van der Waals surface area contributed by atoms with E-state index in [2.05, 4.69) is 9.59 Å². The lowest BCUT2D eigenvalue weighted by atomic mass is 10.2. The van der Waals surface area contributed by atoms with Crippen molar-refractivity contribution in [2.45, 2.75) is 25.4 Å². The Kier molecular flexibility index (Phi) is 3.06. The Hall–Kier alpha value is -1.75. The van der Waals surface area contributed by atoms with Crippen molar-refractivity contribution in [1.29, 1.82) is 0 Å². The molecule has 92 valence electrons. The van der Waals surface area contributed by atoms with E-state index in [1.807, 2.05) is 30.3 Å². The number of aromatic nitrogens is 2. The lowest BCUT2D eigenvalue weighted by Gasteiger charge is -2.03. The molecule has 4 nitrogen and oxygen atoms in total. The van der Waals surface area contributed by atoms with E-state index in [0.717, 1.165) is 35.6 Å². The van der Waals surface area contributed by atoms with Crippen molar-refractivity contribution in [1.82, 2.24) is 9.59 Å². The summed E-state index contributed by atoms with van der Waals surface area (Å²) in [6.07, 6.45) is 2.20. The van der Waals surface area contributed by atoms with Gasteiger partial charge in [0.2, 0.25) is 0 Å². The summed E-state index contributed by atoms with van der Waals surface area (Å²) in [6, 6.07) is 9.64. The van der Waals surface area contributed by atoms with Crippen LogP contribution >= 0.6 is 11.5 Å². The Labute approximate surface area is 109 Å². The van der Waals surface area contributed by atoms with E-state index in [0.29, 0.717) is 17.4 Å². The minimum absolute atomic E-state index is 0.293. The van der Waals surface area contributed by atoms with E-state index in [-0.39, 0.29) is 5.97 Å². The molecule has 0 aliphatic heterocycles. The molecular weight excluding hydrogens is 248 g/mol. The summed E-state index contributed by atoms with van der Waals surface area (Å²) < 4.78 is 9.13. The first-order valence-corrected chi connectivity index (χ1v) is 6.65. The van der Waals surface area contributed by atoms with Gasteiger partial charge in [-0.05, 0) is 29.9 Å². The predicted molar refractivity (Wildman–Crippen MR) is 67.4 cm³/mol. The lowest BCUT2D eigenvalue weighted by molar-refractivity contribution is 0.0477. The quantitative estimate of drug-likeness (QED) is 0.793. The molecule has 1 aromatic carbocycles. The summed E-state index contributed by atoms with van der Waals surface area (Å²) in [7, 11) is 0. The van der Waals surface area contributed by atoms with Crippen LogP contribution in [-0.2, 0) is 11.3 Å². The zero-order chi connectivity index (χ0) is 12.4. The minimum Gasteiger partial charge on any atom is -0.457 e. The van der Waals surface area contributed by atoms with Gasteiger partial charge in [0.15, 0.2) is 4.88 Å².